The molecule has 1 aromatic heterocycles. The van der Waals surface area contributed by atoms with Gasteiger partial charge in [-0.25, -0.2) is 4.79 Å². The van der Waals surface area contributed by atoms with Crippen LogP contribution in [0.3, 0.4) is 0 Å². The van der Waals surface area contributed by atoms with Crippen molar-refractivity contribution in [2.75, 3.05) is 13.1 Å². The molecule has 2 amide bonds. The summed E-state index contributed by atoms with van der Waals surface area (Å²) in [6, 6.07) is 3.83. The number of hydrogen-bond donors (Lipinski definition) is 1. The first kappa shape index (κ1) is 9.12. The summed E-state index contributed by atoms with van der Waals surface area (Å²) in [7, 11) is 0. The smallest absolute Gasteiger partial charge is 0.317 e. The van der Waals surface area contributed by atoms with E-state index in [1.165, 1.54) is 0 Å². The summed E-state index contributed by atoms with van der Waals surface area (Å²) in [5, 5.41) is 2.80. The number of carbonyl (C=O) groups excluding carboxylic acids is 1. The summed E-state index contributed by atoms with van der Waals surface area (Å²) < 4.78 is 5.41. The number of rotatable bonds is 2. The monoisotopic (exact) mass is 194 g/mol. The quantitative estimate of drug-likeness (QED) is 0.775. The molecular formula is C10H14N2O2. The summed E-state index contributed by atoms with van der Waals surface area (Å²) in [6.07, 6.45) is 1.01. The van der Waals surface area contributed by atoms with Crippen molar-refractivity contribution in [1.82, 2.24) is 10.2 Å². The number of carbonyl (C=O) groups is 1. The van der Waals surface area contributed by atoms with Gasteiger partial charge in [-0.2, -0.15) is 0 Å². The molecule has 0 aliphatic carbocycles. The molecule has 0 saturated carbocycles. The largest absolute Gasteiger partial charge is 0.464 e. The van der Waals surface area contributed by atoms with E-state index in [4.69, 9.17) is 4.42 Å². The minimum Gasteiger partial charge on any atom is -0.464 e. The van der Waals surface area contributed by atoms with Gasteiger partial charge in [0.05, 0.1) is 6.54 Å². The molecule has 0 atom stereocenters. The van der Waals surface area contributed by atoms with Gasteiger partial charge in [0.1, 0.15) is 11.5 Å². The van der Waals surface area contributed by atoms with E-state index in [9.17, 15) is 4.79 Å². The lowest BCUT2D eigenvalue weighted by molar-refractivity contribution is 0.178. The summed E-state index contributed by atoms with van der Waals surface area (Å²) >= 11 is 0. The maximum Gasteiger partial charge on any atom is 0.317 e. The van der Waals surface area contributed by atoms with Gasteiger partial charge in [0.25, 0.3) is 0 Å². The van der Waals surface area contributed by atoms with Crippen molar-refractivity contribution in [3.63, 3.8) is 0 Å². The van der Waals surface area contributed by atoms with Gasteiger partial charge in [-0.15, -0.1) is 0 Å². The molecule has 2 rings (SSSR count). The SMILES string of the molecule is Cc1ccc(CN2CCCNC2=O)o1. The summed E-state index contributed by atoms with van der Waals surface area (Å²) in [5.74, 6) is 1.73. The minimum absolute atomic E-state index is 0.00491. The summed E-state index contributed by atoms with van der Waals surface area (Å²) in [4.78, 5) is 13.1. The highest BCUT2D eigenvalue weighted by Gasteiger charge is 2.18. The van der Waals surface area contributed by atoms with Crippen LogP contribution >= 0.6 is 0 Å². The fourth-order valence-electron chi connectivity index (χ4n) is 1.59. The van der Waals surface area contributed by atoms with Crippen molar-refractivity contribution in [3.05, 3.63) is 23.7 Å². The Kier molecular flexibility index (Phi) is 2.43. The minimum atomic E-state index is 0.00491. The predicted octanol–water partition coefficient (Wildman–Crippen LogP) is 1.50. The van der Waals surface area contributed by atoms with Crippen LogP contribution in [0.1, 0.15) is 17.9 Å². The van der Waals surface area contributed by atoms with Gasteiger partial charge in [0.15, 0.2) is 0 Å². The Hall–Kier alpha value is -1.45. The van der Waals surface area contributed by atoms with Gasteiger partial charge in [0, 0.05) is 13.1 Å². The van der Waals surface area contributed by atoms with Crippen molar-refractivity contribution in [2.24, 2.45) is 0 Å². The summed E-state index contributed by atoms with van der Waals surface area (Å²) in [6.45, 7) is 4.07. The van der Waals surface area contributed by atoms with E-state index in [2.05, 4.69) is 5.32 Å². The van der Waals surface area contributed by atoms with Crippen molar-refractivity contribution in [2.45, 2.75) is 19.9 Å². The van der Waals surface area contributed by atoms with Crippen LogP contribution < -0.4 is 5.32 Å². The van der Waals surface area contributed by atoms with Gasteiger partial charge in [-0.05, 0) is 25.5 Å². The Labute approximate surface area is 82.9 Å². The fraction of sp³-hybridized carbons (Fsp3) is 0.500. The van der Waals surface area contributed by atoms with Gasteiger partial charge in [-0.1, -0.05) is 0 Å². The van der Waals surface area contributed by atoms with E-state index in [0.717, 1.165) is 31.0 Å². The highest BCUT2D eigenvalue weighted by atomic mass is 16.3. The molecule has 0 unspecified atom stereocenters. The third kappa shape index (κ3) is 1.89. The number of aryl methyl sites for hydroxylation is 1. The van der Waals surface area contributed by atoms with E-state index in [0.29, 0.717) is 6.54 Å². The van der Waals surface area contributed by atoms with E-state index >= 15 is 0 Å². The number of hydrogen-bond acceptors (Lipinski definition) is 2. The standard InChI is InChI=1S/C10H14N2O2/c1-8-3-4-9(14-8)7-12-6-2-5-11-10(12)13/h3-4H,2,5-7H2,1H3,(H,11,13). The van der Waals surface area contributed by atoms with E-state index in [1.807, 2.05) is 19.1 Å². The van der Waals surface area contributed by atoms with Crippen LogP contribution in [0.5, 0.6) is 0 Å². The van der Waals surface area contributed by atoms with Crippen molar-refractivity contribution >= 4 is 6.03 Å². The van der Waals surface area contributed by atoms with Crippen LogP contribution in [0, 0.1) is 6.92 Å². The van der Waals surface area contributed by atoms with Crippen LogP contribution in [-0.4, -0.2) is 24.0 Å². The topological polar surface area (TPSA) is 45.5 Å². The van der Waals surface area contributed by atoms with Gasteiger partial charge in [-0.3, -0.25) is 0 Å². The highest BCUT2D eigenvalue weighted by Crippen LogP contribution is 2.11. The summed E-state index contributed by atoms with van der Waals surface area (Å²) in [5.41, 5.74) is 0. The van der Waals surface area contributed by atoms with Crippen molar-refractivity contribution in [3.8, 4) is 0 Å². The predicted molar refractivity (Wildman–Crippen MR) is 51.9 cm³/mol. The van der Waals surface area contributed by atoms with Crippen LogP contribution in [0.15, 0.2) is 16.5 Å². The Balaban J connectivity index is 1.99. The lowest BCUT2D eigenvalue weighted by atomic mass is 10.3. The fourth-order valence-corrected chi connectivity index (χ4v) is 1.59. The van der Waals surface area contributed by atoms with Crippen molar-refractivity contribution in [1.29, 1.82) is 0 Å². The number of furan rings is 1. The first-order valence-electron chi connectivity index (χ1n) is 4.84. The molecule has 1 aromatic rings. The maximum atomic E-state index is 11.4. The van der Waals surface area contributed by atoms with E-state index < -0.39 is 0 Å². The number of urea groups is 1. The molecule has 1 aliphatic heterocycles. The molecule has 14 heavy (non-hydrogen) atoms. The second-order valence-corrected chi connectivity index (χ2v) is 3.52. The molecule has 1 N–H and O–H groups in total. The zero-order valence-electron chi connectivity index (χ0n) is 8.25. The van der Waals surface area contributed by atoms with Gasteiger partial charge in [0.2, 0.25) is 0 Å². The molecule has 0 aromatic carbocycles. The first-order valence-corrected chi connectivity index (χ1v) is 4.84. The molecule has 1 aliphatic rings. The Morgan fingerprint density at radius 2 is 2.43 bits per heavy atom. The molecule has 1 fully saturated rings. The van der Waals surface area contributed by atoms with Crippen LogP contribution in [-0.2, 0) is 6.54 Å². The molecule has 0 radical (unpaired) electrons. The third-order valence-electron chi connectivity index (χ3n) is 2.31. The zero-order chi connectivity index (χ0) is 9.97. The number of amides is 2. The molecular weight excluding hydrogens is 180 g/mol. The lowest BCUT2D eigenvalue weighted by Crippen LogP contribution is -2.45. The molecule has 0 spiro atoms. The van der Waals surface area contributed by atoms with Crippen LogP contribution in [0.4, 0.5) is 4.79 Å². The number of nitrogens with zero attached hydrogens (tertiary/aromatic N) is 1. The van der Waals surface area contributed by atoms with Crippen LogP contribution in [0.25, 0.3) is 0 Å². The van der Waals surface area contributed by atoms with E-state index in [1.54, 1.807) is 4.90 Å². The van der Waals surface area contributed by atoms with Crippen LogP contribution in [0.2, 0.25) is 0 Å². The normalized spacial score (nSPS) is 16.9. The average Bonchev–Trinajstić information content (AvgIpc) is 2.56. The second kappa shape index (κ2) is 3.74. The Morgan fingerprint density at radius 3 is 3.07 bits per heavy atom. The molecule has 2 heterocycles. The second-order valence-electron chi connectivity index (χ2n) is 3.52. The molecule has 0 bridgehead atoms. The van der Waals surface area contributed by atoms with E-state index in [-0.39, 0.29) is 6.03 Å². The first-order chi connectivity index (χ1) is 6.75. The Morgan fingerprint density at radius 1 is 1.57 bits per heavy atom. The van der Waals surface area contributed by atoms with Gasteiger partial charge < -0.3 is 14.6 Å². The van der Waals surface area contributed by atoms with Gasteiger partial charge >= 0.3 is 6.03 Å². The highest BCUT2D eigenvalue weighted by molar-refractivity contribution is 5.74. The third-order valence-corrected chi connectivity index (χ3v) is 2.31. The molecule has 1 saturated heterocycles. The average molecular weight is 194 g/mol. The lowest BCUT2D eigenvalue weighted by Gasteiger charge is -2.26. The Bertz CT molecular complexity index is 333. The molecule has 76 valence electrons. The maximum absolute atomic E-state index is 11.4. The zero-order valence-corrected chi connectivity index (χ0v) is 8.25. The molecule has 4 nitrogen and oxygen atoms in total. The van der Waals surface area contributed by atoms with Crippen molar-refractivity contribution < 1.29 is 9.21 Å². The number of nitrogens with one attached hydrogen (secondary N) is 1. The molecule has 4 heteroatoms.